The lowest BCUT2D eigenvalue weighted by Gasteiger charge is -2.07. The van der Waals surface area contributed by atoms with E-state index in [2.05, 4.69) is 5.32 Å². The number of benzene rings is 1. The monoisotopic (exact) mass is 214 g/mol. The lowest BCUT2D eigenvalue weighted by atomic mass is 10.3. The molecule has 0 aliphatic carbocycles. The van der Waals surface area contributed by atoms with Gasteiger partial charge in [-0.3, -0.25) is 4.79 Å². The molecule has 0 radical (unpaired) electrons. The highest BCUT2D eigenvalue weighted by Gasteiger charge is 2.05. The number of amides is 1. The van der Waals surface area contributed by atoms with Crippen molar-refractivity contribution in [3.05, 3.63) is 23.2 Å². The summed E-state index contributed by atoms with van der Waals surface area (Å²) in [6.45, 7) is -0.0759. The van der Waals surface area contributed by atoms with Gasteiger partial charge in [-0.2, -0.15) is 0 Å². The zero-order chi connectivity index (χ0) is 10.6. The quantitative estimate of drug-likeness (QED) is 0.796. The normalized spacial score (nSPS) is 9.64. The molecule has 0 aromatic heterocycles. The van der Waals surface area contributed by atoms with Gasteiger partial charge in [-0.05, 0) is 12.1 Å². The molecule has 0 spiro atoms. The zero-order valence-electron chi connectivity index (χ0n) is 7.71. The van der Waals surface area contributed by atoms with Crippen molar-refractivity contribution in [1.82, 2.24) is 0 Å². The van der Waals surface area contributed by atoms with Gasteiger partial charge in [0.1, 0.15) is 5.75 Å². The number of hydrogen-bond acceptors (Lipinski definition) is 3. The Bertz CT molecular complexity index is 342. The number of nitrogens with two attached hydrogens (primary N) is 1. The minimum atomic E-state index is -0.292. The minimum Gasteiger partial charge on any atom is -0.497 e. The number of anilines is 1. The van der Waals surface area contributed by atoms with Crippen LogP contribution in [-0.4, -0.2) is 19.6 Å². The first-order valence-electron chi connectivity index (χ1n) is 4.01. The molecule has 3 N–H and O–H groups in total. The van der Waals surface area contributed by atoms with Crippen LogP contribution in [0.25, 0.3) is 0 Å². The van der Waals surface area contributed by atoms with E-state index in [9.17, 15) is 4.79 Å². The minimum absolute atomic E-state index is 0.0759. The Balaban J connectivity index is 2.89. The molecule has 0 heterocycles. The van der Waals surface area contributed by atoms with Gasteiger partial charge in [0.25, 0.3) is 0 Å². The van der Waals surface area contributed by atoms with Crippen molar-refractivity contribution in [3.63, 3.8) is 0 Å². The Morgan fingerprint density at radius 1 is 1.64 bits per heavy atom. The molecule has 0 aliphatic heterocycles. The van der Waals surface area contributed by atoms with Crippen LogP contribution in [0.3, 0.4) is 0 Å². The van der Waals surface area contributed by atoms with Gasteiger partial charge in [-0.1, -0.05) is 11.6 Å². The fourth-order valence-electron chi connectivity index (χ4n) is 0.928. The number of ether oxygens (including phenoxy) is 1. The van der Waals surface area contributed by atoms with Crippen LogP contribution in [0, 0.1) is 0 Å². The average Bonchev–Trinajstić information content (AvgIpc) is 2.21. The molecule has 5 heteroatoms. The first-order valence-corrected chi connectivity index (χ1v) is 4.38. The van der Waals surface area contributed by atoms with Crippen molar-refractivity contribution >= 4 is 23.2 Å². The third kappa shape index (κ3) is 2.61. The van der Waals surface area contributed by atoms with E-state index in [0.29, 0.717) is 16.5 Å². The van der Waals surface area contributed by atoms with Crippen LogP contribution in [0.5, 0.6) is 5.75 Å². The largest absolute Gasteiger partial charge is 0.497 e. The predicted octanol–water partition coefficient (Wildman–Crippen LogP) is 1.25. The van der Waals surface area contributed by atoms with Gasteiger partial charge in [0.05, 0.1) is 24.4 Å². The summed E-state index contributed by atoms with van der Waals surface area (Å²) in [5, 5.41) is 3.01. The highest BCUT2D eigenvalue weighted by Crippen LogP contribution is 2.26. The first-order chi connectivity index (χ1) is 6.67. The molecule has 1 rings (SSSR count). The highest BCUT2D eigenvalue weighted by atomic mass is 35.5. The second-order valence-corrected chi connectivity index (χ2v) is 3.01. The molecule has 1 amide bonds. The standard InChI is InChI=1S/C9H11ClN2O2/c1-14-6-2-3-7(10)8(4-6)12-9(13)5-11/h2-4H,5,11H2,1H3,(H,12,13). The second-order valence-electron chi connectivity index (χ2n) is 2.60. The molecule has 0 bridgehead atoms. The van der Waals surface area contributed by atoms with Crippen LogP contribution >= 0.6 is 11.6 Å². The van der Waals surface area contributed by atoms with E-state index < -0.39 is 0 Å². The summed E-state index contributed by atoms with van der Waals surface area (Å²) in [5.74, 6) is 0.335. The van der Waals surface area contributed by atoms with Crippen LogP contribution in [0.15, 0.2) is 18.2 Å². The fraction of sp³-hybridized carbons (Fsp3) is 0.222. The van der Waals surface area contributed by atoms with E-state index in [1.807, 2.05) is 0 Å². The molecule has 4 nitrogen and oxygen atoms in total. The van der Waals surface area contributed by atoms with Crippen LogP contribution in [0.1, 0.15) is 0 Å². The second kappa shape index (κ2) is 4.83. The zero-order valence-corrected chi connectivity index (χ0v) is 8.47. The topological polar surface area (TPSA) is 64.3 Å². The Hall–Kier alpha value is -1.26. The summed E-state index contributed by atoms with van der Waals surface area (Å²) >= 11 is 5.84. The highest BCUT2D eigenvalue weighted by molar-refractivity contribution is 6.33. The summed E-state index contributed by atoms with van der Waals surface area (Å²) in [6, 6.07) is 4.99. The van der Waals surface area contributed by atoms with E-state index in [1.165, 1.54) is 7.11 Å². The van der Waals surface area contributed by atoms with E-state index in [-0.39, 0.29) is 12.5 Å². The Kier molecular flexibility index (Phi) is 3.73. The SMILES string of the molecule is COc1ccc(Cl)c(NC(=O)CN)c1. The van der Waals surface area contributed by atoms with Crippen molar-refractivity contribution in [2.24, 2.45) is 5.73 Å². The Labute approximate surface area is 87.0 Å². The van der Waals surface area contributed by atoms with Gasteiger partial charge < -0.3 is 15.8 Å². The number of halogens is 1. The molecule has 0 unspecified atom stereocenters. The molecular weight excluding hydrogens is 204 g/mol. The number of carbonyl (C=O) groups excluding carboxylic acids is 1. The third-order valence-corrected chi connectivity index (χ3v) is 1.96. The fourth-order valence-corrected chi connectivity index (χ4v) is 1.09. The van der Waals surface area contributed by atoms with Crippen LogP contribution < -0.4 is 15.8 Å². The molecule has 76 valence electrons. The van der Waals surface area contributed by atoms with Gasteiger partial charge in [-0.15, -0.1) is 0 Å². The van der Waals surface area contributed by atoms with E-state index in [0.717, 1.165) is 0 Å². The van der Waals surface area contributed by atoms with Gasteiger partial charge >= 0.3 is 0 Å². The maximum atomic E-state index is 11.0. The smallest absolute Gasteiger partial charge is 0.238 e. The molecule has 14 heavy (non-hydrogen) atoms. The molecular formula is C9H11ClN2O2. The van der Waals surface area contributed by atoms with Crippen molar-refractivity contribution in [3.8, 4) is 5.75 Å². The third-order valence-electron chi connectivity index (χ3n) is 1.63. The summed E-state index contributed by atoms with van der Waals surface area (Å²) in [5.41, 5.74) is 5.66. The van der Waals surface area contributed by atoms with Gasteiger partial charge in [0.15, 0.2) is 0 Å². The summed E-state index contributed by atoms with van der Waals surface area (Å²) in [7, 11) is 1.54. The van der Waals surface area contributed by atoms with Gasteiger partial charge in [0.2, 0.25) is 5.91 Å². The van der Waals surface area contributed by atoms with Crippen molar-refractivity contribution in [1.29, 1.82) is 0 Å². The van der Waals surface area contributed by atoms with Gasteiger partial charge in [-0.25, -0.2) is 0 Å². The maximum absolute atomic E-state index is 11.0. The molecule has 0 saturated carbocycles. The van der Waals surface area contributed by atoms with Crippen LogP contribution in [0.4, 0.5) is 5.69 Å². The van der Waals surface area contributed by atoms with E-state index >= 15 is 0 Å². The molecule has 1 aromatic carbocycles. The summed E-state index contributed by atoms with van der Waals surface area (Å²) in [6.07, 6.45) is 0. The first kappa shape index (κ1) is 10.8. The number of nitrogens with one attached hydrogen (secondary N) is 1. The molecule has 1 aromatic rings. The van der Waals surface area contributed by atoms with Crippen molar-refractivity contribution in [2.45, 2.75) is 0 Å². The number of rotatable bonds is 3. The maximum Gasteiger partial charge on any atom is 0.238 e. The van der Waals surface area contributed by atoms with Crippen LogP contribution in [0.2, 0.25) is 5.02 Å². The summed E-state index contributed by atoms with van der Waals surface area (Å²) in [4.78, 5) is 11.0. The van der Waals surface area contributed by atoms with Gasteiger partial charge in [0, 0.05) is 6.07 Å². The van der Waals surface area contributed by atoms with Crippen molar-refractivity contribution < 1.29 is 9.53 Å². The van der Waals surface area contributed by atoms with Crippen molar-refractivity contribution in [2.75, 3.05) is 19.0 Å². The number of carbonyl (C=O) groups is 1. The van der Waals surface area contributed by atoms with E-state index in [4.69, 9.17) is 22.1 Å². The molecule has 0 atom stereocenters. The lowest BCUT2D eigenvalue weighted by molar-refractivity contribution is -0.114. The molecule has 0 fully saturated rings. The summed E-state index contributed by atoms with van der Waals surface area (Å²) < 4.78 is 4.98. The molecule has 0 saturated heterocycles. The van der Waals surface area contributed by atoms with Crippen LogP contribution in [-0.2, 0) is 4.79 Å². The number of methoxy groups -OCH3 is 1. The number of hydrogen-bond donors (Lipinski definition) is 2. The average molecular weight is 215 g/mol. The lowest BCUT2D eigenvalue weighted by Crippen LogP contribution is -2.21. The predicted molar refractivity (Wildman–Crippen MR) is 55.7 cm³/mol. The van der Waals surface area contributed by atoms with E-state index in [1.54, 1.807) is 18.2 Å². The molecule has 0 aliphatic rings. The Morgan fingerprint density at radius 3 is 2.93 bits per heavy atom. The Morgan fingerprint density at radius 2 is 2.36 bits per heavy atom.